The number of benzene rings is 2. The number of rotatable bonds is 7. The molecule has 0 heterocycles. The molecule has 2 aromatic carbocycles. The fourth-order valence-electron chi connectivity index (χ4n) is 3.74. The number of likely N-dealkylation sites (N-methyl/N-ethyl adjacent to an activating group) is 1. The quantitative estimate of drug-likeness (QED) is 0.360. The number of nitrogens with zero attached hydrogens (tertiary/aromatic N) is 2. The van der Waals surface area contributed by atoms with Crippen LogP contribution in [0.5, 0.6) is 0 Å². The summed E-state index contributed by atoms with van der Waals surface area (Å²) in [4.78, 5) is 49.6. The highest BCUT2D eigenvalue weighted by molar-refractivity contribution is 6.34. The molecule has 1 fully saturated rings. The highest BCUT2D eigenvalue weighted by Crippen LogP contribution is 2.25. The van der Waals surface area contributed by atoms with E-state index < -0.39 is 23.4 Å². The van der Waals surface area contributed by atoms with Crippen molar-refractivity contribution >= 4 is 40.8 Å². The van der Waals surface area contributed by atoms with Gasteiger partial charge in [-0.1, -0.05) is 43.0 Å². The van der Waals surface area contributed by atoms with Crippen LogP contribution in [0.1, 0.15) is 52.8 Å². The number of nitrogens with one attached hydrogen (secondary N) is 1. The Kier molecular flexibility index (Phi) is 8.00. The number of hydrogen-bond donors (Lipinski definition) is 1. The van der Waals surface area contributed by atoms with E-state index in [-0.39, 0.29) is 39.5 Å². The van der Waals surface area contributed by atoms with Gasteiger partial charge in [0.2, 0.25) is 0 Å². The number of carbonyl (C=O) groups is 3. The average molecular weight is 474 g/mol. The van der Waals surface area contributed by atoms with Crippen molar-refractivity contribution in [3.8, 4) is 0 Å². The van der Waals surface area contributed by atoms with Gasteiger partial charge in [0.05, 0.1) is 26.8 Å². The third kappa shape index (κ3) is 6.07. The summed E-state index contributed by atoms with van der Waals surface area (Å²) in [6.07, 6.45) is 5.20. The third-order valence-corrected chi connectivity index (χ3v) is 5.96. The highest BCUT2D eigenvalue weighted by atomic mass is 35.5. The molecule has 2 aromatic rings. The van der Waals surface area contributed by atoms with E-state index in [9.17, 15) is 24.5 Å². The van der Waals surface area contributed by atoms with Crippen molar-refractivity contribution < 1.29 is 24.0 Å². The molecule has 0 bridgehead atoms. The third-order valence-electron chi connectivity index (χ3n) is 5.65. The van der Waals surface area contributed by atoms with Crippen LogP contribution in [0.15, 0.2) is 42.5 Å². The van der Waals surface area contributed by atoms with Crippen molar-refractivity contribution in [3.63, 3.8) is 0 Å². The molecule has 1 N–H and O–H groups in total. The summed E-state index contributed by atoms with van der Waals surface area (Å²) in [7, 11) is 1.72. The zero-order chi connectivity index (χ0) is 24.0. The fraction of sp³-hybridized carbons (Fsp3) is 0.348. The predicted molar refractivity (Wildman–Crippen MR) is 122 cm³/mol. The first kappa shape index (κ1) is 24.2. The minimum Gasteiger partial charge on any atom is -0.452 e. The molecule has 10 heteroatoms. The lowest BCUT2D eigenvalue weighted by molar-refractivity contribution is -0.384. The maximum atomic E-state index is 12.6. The van der Waals surface area contributed by atoms with Crippen molar-refractivity contribution in [2.24, 2.45) is 0 Å². The largest absolute Gasteiger partial charge is 0.452 e. The lowest BCUT2D eigenvalue weighted by atomic mass is 9.94. The first-order valence-corrected chi connectivity index (χ1v) is 10.9. The topological polar surface area (TPSA) is 119 Å². The van der Waals surface area contributed by atoms with Crippen LogP contribution in [-0.4, -0.2) is 47.3 Å². The molecule has 174 valence electrons. The van der Waals surface area contributed by atoms with Crippen LogP contribution in [0.25, 0.3) is 0 Å². The number of nitro groups is 1. The van der Waals surface area contributed by atoms with Gasteiger partial charge >= 0.3 is 5.97 Å². The summed E-state index contributed by atoms with van der Waals surface area (Å²) < 4.78 is 5.21. The van der Waals surface area contributed by atoms with E-state index in [1.807, 2.05) is 0 Å². The molecule has 0 aromatic heterocycles. The van der Waals surface area contributed by atoms with E-state index in [0.29, 0.717) is 0 Å². The van der Waals surface area contributed by atoms with Crippen LogP contribution >= 0.6 is 11.6 Å². The van der Waals surface area contributed by atoms with Gasteiger partial charge in [-0.2, -0.15) is 0 Å². The Morgan fingerprint density at radius 3 is 2.48 bits per heavy atom. The van der Waals surface area contributed by atoms with E-state index in [0.717, 1.165) is 37.8 Å². The highest BCUT2D eigenvalue weighted by Gasteiger charge is 2.24. The summed E-state index contributed by atoms with van der Waals surface area (Å²) in [5, 5.41) is 13.3. The van der Waals surface area contributed by atoms with Gasteiger partial charge in [0.1, 0.15) is 0 Å². The van der Waals surface area contributed by atoms with Crippen LogP contribution in [0.4, 0.5) is 11.4 Å². The Bertz CT molecular complexity index is 1070. The molecule has 1 saturated carbocycles. The van der Waals surface area contributed by atoms with Gasteiger partial charge in [-0.05, 0) is 31.0 Å². The number of hydrogen-bond acceptors (Lipinski definition) is 6. The lowest BCUT2D eigenvalue weighted by Crippen LogP contribution is -2.40. The Morgan fingerprint density at radius 1 is 1.12 bits per heavy atom. The monoisotopic (exact) mass is 473 g/mol. The number of amides is 2. The van der Waals surface area contributed by atoms with Gasteiger partial charge in [-0.25, -0.2) is 4.79 Å². The Balaban J connectivity index is 1.66. The molecular weight excluding hydrogens is 450 g/mol. The Labute approximate surface area is 195 Å². The van der Waals surface area contributed by atoms with Crippen LogP contribution in [0.2, 0.25) is 5.02 Å². The van der Waals surface area contributed by atoms with Gasteiger partial charge in [0.25, 0.3) is 17.5 Å². The second kappa shape index (κ2) is 10.9. The summed E-state index contributed by atoms with van der Waals surface area (Å²) in [6, 6.07) is 9.81. The molecule has 0 atom stereocenters. The van der Waals surface area contributed by atoms with Gasteiger partial charge < -0.3 is 15.0 Å². The lowest BCUT2D eigenvalue weighted by Gasteiger charge is -2.31. The molecule has 0 saturated heterocycles. The van der Waals surface area contributed by atoms with Crippen LogP contribution < -0.4 is 5.32 Å². The molecule has 0 spiro atoms. The van der Waals surface area contributed by atoms with Gasteiger partial charge in [0, 0.05) is 25.2 Å². The number of esters is 1. The summed E-state index contributed by atoms with van der Waals surface area (Å²) in [5.74, 6) is -1.69. The van der Waals surface area contributed by atoms with E-state index in [1.54, 1.807) is 24.1 Å². The molecule has 1 aliphatic carbocycles. The normalized spacial score (nSPS) is 13.8. The molecule has 0 radical (unpaired) electrons. The van der Waals surface area contributed by atoms with E-state index in [2.05, 4.69) is 5.32 Å². The first-order valence-electron chi connectivity index (χ1n) is 10.5. The van der Waals surface area contributed by atoms with Crippen LogP contribution in [0.3, 0.4) is 0 Å². The summed E-state index contributed by atoms with van der Waals surface area (Å²) in [5.41, 5.74) is -0.00915. The zero-order valence-corrected chi connectivity index (χ0v) is 18.8. The number of halogens is 1. The van der Waals surface area contributed by atoms with Gasteiger partial charge in [0.15, 0.2) is 6.61 Å². The van der Waals surface area contributed by atoms with Crippen LogP contribution in [0, 0.1) is 10.1 Å². The van der Waals surface area contributed by atoms with Gasteiger partial charge in [-0.3, -0.25) is 19.7 Å². The van der Waals surface area contributed by atoms with E-state index in [4.69, 9.17) is 16.3 Å². The standard InChI is InChI=1S/C23H24ClN3O6/c1-26(15-7-3-2-4-8-15)21(28)14-33-23(30)18-9-5-6-10-20(18)25-22(29)17-12-11-16(27(31)32)13-19(17)24/h5-6,9-13,15H,2-4,7-8,14H2,1H3,(H,25,29). The van der Waals surface area contributed by atoms with Crippen molar-refractivity contribution in [2.75, 3.05) is 19.0 Å². The number of ether oxygens (including phenoxy) is 1. The maximum Gasteiger partial charge on any atom is 0.340 e. The fourth-order valence-corrected chi connectivity index (χ4v) is 4.00. The predicted octanol–water partition coefficient (Wildman–Crippen LogP) is 4.45. The minimum atomic E-state index is -0.758. The number of para-hydroxylation sites is 1. The molecule has 0 unspecified atom stereocenters. The summed E-state index contributed by atoms with van der Waals surface area (Å²) in [6.45, 7) is -0.401. The SMILES string of the molecule is CN(C(=O)COC(=O)c1ccccc1NC(=O)c1ccc([N+](=O)[O-])cc1Cl)C1CCCCC1. The summed E-state index contributed by atoms with van der Waals surface area (Å²) >= 11 is 6.02. The smallest absolute Gasteiger partial charge is 0.340 e. The molecule has 33 heavy (non-hydrogen) atoms. The van der Waals surface area contributed by atoms with Gasteiger partial charge in [-0.15, -0.1) is 0 Å². The molecule has 1 aliphatic rings. The Hall–Kier alpha value is -3.46. The molecule has 9 nitrogen and oxygen atoms in total. The van der Waals surface area contributed by atoms with Crippen molar-refractivity contribution in [2.45, 2.75) is 38.1 Å². The minimum absolute atomic E-state index is 0.00900. The van der Waals surface area contributed by atoms with Crippen molar-refractivity contribution in [1.82, 2.24) is 4.90 Å². The van der Waals surface area contributed by atoms with Crippen molar-refractivity contribution in [1.29, 1.82) is 0 Å². The molecular formula is C23H24ClN3O6. The molecule has 0 aliphatic heterocycles. The second-order valence-electron chi connectivity index (χ2n) is 7.79. The first-order chi connectivity index (χ1) is 15.8. The van der Waals surface area contributed by atoms with E-state index >= 15 is 0 Å². The second-order valence-corrected chi connectivity index (χ2v) is 8.20. The average Bonchev–Trinajstić information content (AvgIpc) is 2.82. The maximum absolute atomic E-state index is 12.6. The molecule has 2 amide bonds. The van der Waals surface area contributed by atoms with Crippen LogP contribution in [-0.2, 0) is 9.53 Å². The number of non-ortho nitro benzene ring substituents is 1. The molecule has 3 rings (SSSR count). The Morgan fingerprint density at radius 2 is 1.82 bits per heavy atom. The number of nitro benzene ring substituents is 1. The number of anilines is 1. The zero-order valence-electron chi connectivity index (χ0n) is 18.1. The van der Waals surface area contributed by atoms with E-state index in [1.165, 1.54) is 24.6 Å². The number of carbonyl (C=O) groups excluding carboxylic acids is 3. The van der Waals surface area contributed by atoms with Crippen molar-refractivity contribution in [3.05, 3.63) is 68.7 Å².